The van der Waals surface area contributed by atoms with Gasteiger partial charge in [0.25, 0.3) is 5.91 Å². The molecule has 3 heterocycles. The quantitative estimate of drug-likeness (QED) is 0.457. The summed E-state index contributed by atoms with van der Waals surface area (Å²) in [5.74, 6) is 0.345. The van der Waals surface area contributed by atoms with Crippen molar-refractivity contribution in [2.24, 2.45) is 0 Å². The van der Waals surface area contributed by atoms with Crippen LogP contribution in [0.2, 0.25) is 0 Å². The summed E-state index contributed by atoms with van der Waals surface area (Å²) in [5.41, 5.74) is 5.58. The van der Waals surface area contributed by atoms with E-state index < -0.39 is 6.10 Å². The van der Waals surface area contributed by atoms with Crippen LogP contribution in [0, 0.1) is 0 Å². The first-order valence-corrected chi connectivity index (χ1v) is 11.7. The van der Waals surface area contributed by atoms with Crippen LogP contribution in [0.25, 0.3) is 16.6 Å². The van der Waals surface area contributed by atoms with Gasteiger partial charge in [0.05, 0.1) is 24.8 Å². The van der Waals surface area contributed by atoms with E-state index in [1.807, 2.05) is 36.5 Å². The van der Waals surface area contributed by atoms with Crippen molar-refractivity contribution in [3.8, 4) is 17.0 Å². The van der Waals surface area contributed by atoms with E-state index in [1.165, 1.54) is 0 Å². The van der Waals surface area contributed by atoms with Gasteiger partial charge >= 0.3 is 0 Å². The minimum Gasteiger partial charge on any atom is -0.481 e. The summed E-state index contributed by atoms with van der Waals surface area (Å²) >= 11 is 0. The van der Waals surface area contributed by atoms with Gasteiger partial charge in [0, 0.05) is 24.0 Å². The molecule has 0 spiro atoms. The van der Waals surface area contributed by atoms with Gasteiger partial charge < -0.3 is 15.2 Å². The van der Waals surface area contributed by atoms with Crippen molar-refractivity contribution in [1.29, 1.82) is 0 Å². The first-order valence-electron chi connectivity index (χ1n) is 11.7. The number of amides is 1. The summed E-state index contributed by atoms with van der Waals surface area (Å²) in [5, 5.41) is 17.7. The monoisotopic (exact) mass is 456 g/mol. The van der Waals surface area contributed by atoms with Crippen LogP contribution < -0.4 is 10.1 Å². The molecule has 7 heteroatoms. The van der Waals surface area contributed by atoms with Crippen LogP contribution in [-0.2, 0) is 6.42 Å². The van der Waals surface area contributed by atoms with Crippen LogP contribution in [0.4, 0.5) is 0 Å². The lowest BCUT2D eigenvalue weighted by Gasteiger charge is -2.28. The highest BCUT2D eigenvalue weighted by Crippen LogP contribution is 2.23. The third-order valence-corrected chi connectivity index (χ3v) is 6.49. The molecule has 1 aliphatic rings. The molecule has 1 amide bonds. The number of aliphatic hydroxyl groups excluding tert-OH is 1. The summed E-state index contributed by atoms with van der Waals surface area (Å²) in [7, 11) is 1.60. The number of hydrogen-bond donors (Lipinski definition) is 2. The second-order valence-corrected chi connectivity index (χ2v) is 8.79. The smallest absolute Gasteiger partial charge is 0.272 e. The van der Waals surface area contributed by atoms with Gasteiger partial charge in [0.1, 0.15) is 5.69 Å². The summed E-state index contributed by atoms with van der Waals surface area (Å²) in [6.07, 6.45) is 7.36. The lowest BCUT2D eigenvalue weighted by Crippen LogP contribution is -2.45. The molecule has 4 aromatic rings. The number of nitrogens with zero attached hydrogens (tertiary/aromatic N) is 3. The SMILES string of the molecule is COc1ccc(-c2ccc(Cc3cc(C(=O)N[C@@H]4CCCC[C@H]4O)nn4cccc34)cc2)cn1. The second kappa shape index (κ2) is 9.65. The lowest BCUT2D eigenvalue weighted by molar-refractivity contribution is 0.0713. The van der Waals surface area contributed by atoms with E-state index in [1.54, 1.807) is 17.8 Å². The van der Waals surface area contributed by atoms with Gasteiger partial charge in [-0.15, -0.1) is 0 Å². The Morgan fingerprint density at radius 3 is 2.65 bits per heavy atom. The van der Waals surface area contributed by atoms with Crippen LogP contribution in [-0.4, -0.2) is 44.9 Å². The van der Waals surface area contributed by atoms with Gasteiger partial charge in [-0.2, -0.15) is 5.10 Å². The van der Waals surface area contributed by atoms with Crippen molar-refractivity contribution in [3.05, 3.63) is 83.8 Å². The summed E-state index contributed by atoms with van der Waals surface area (Å²) in [6.45, 7) is 0. The van der Waals surface area contributed by atoms with E-state index >= 15 is 0 Å². The Kier molecular flexibility index (Phi) is 6.27. The number of aromatic nitrogens is 3. The number of ether oxygens (including phenoxy) is 1. The van der Waals surface area contributed by atoms with Crippen molar-refractivity contribution in [2.75, 3.05) is 7.11 Å². The van der Waals surface area contributed by atoms with E-state index in [9.17, 15) is 9.90 Å². The Bertz CT molecular complexity index is 1280. The number of pyridine rings is 1. The van der Waals surface area contributed by atoms with Gasteiger partial charge in [-0.25, -0.2) is 9.50 Å². The van der Waals surface area contributed by atoms with E-state index in [-0.39, 0.29) is 11.9 Å². The molecule has 5 rings (SSSR count). The normalized spacial score (nSPS) is 18.1. The highest BCUT2D eigenvalue weighted by Gasteiger charge is 2.25. The van der Waals surface area contributed by atoms with Gasteiger partial charge in [-0.1, -0.05) is 37.1 Å². The van der Waals surface area contributed by atoms with Crippen molar-refractivity contribution in [3.63, 3.8) is 0 Å². The fraction of sp³-hybridized carbons (Fsp3) is 0.296. The second-order valence-electron chi connectivity index (χ2n) is 8.79. The molecule has 0 aliphatic heterocycles. The molecule has 7 nitrogen and oxygen atoms in total. The molecule has 0 saturated heterocycles. The van der Waals surface area contributed by atoms with Crippen molar-refractivity contribution in [1.82, 2.24) is 19.9 Å². The fourth-order valence-corrected chi connectivity index (χ4v) is 4.58. The summed E-state index contributed by atoms with van der Waals surface area (Å²) < 4.78 is 6.88. The number of aliphatic hydroxyl groups is 1. The van der Waals surface area contributed by atoms with Crippen LogP contribution in [0.3, 0.4) is 0 Å². The van der Waals surface area contributed by atoms with E-state index in [0.717, 1.165) is 53.5 Å². The lowest BCUT2D eigenvalue weighted by atomic mass is 9.92. The molecule has 34 heavy (non-hydrogen) atoms. The molecule has 0 bridgehead atoms. The van der Waals surface area contributed by atoms with Crippen LogP contribution in [0.15, 0.2) is 67.0 Å². The maximum absolute atomic E-state index is 13.0. The van der Waals surface area contributed by atoms with E-state index in [0.29, 0.717) is 18.0 Å². The van der Waals surface area contributed by atoms with Gasteiger partial charge in [0.2, 0.25) is 5.88 Å². The van der Waals surface area contributed by atoms with Crippen molar-refractivity contribution >= 4 is 11.4 Å². The standard InChI is InChI=1S/C27H28N4O3/c1-34-26-13-12-20(17-28-26)19-10-8-18(9-11-19)15-21-16-23(30-31-14-4-6-24(21)31)27(33)29-22-5-2-3-7-25(22)32/h4,6,8-14,16-17,22,25,32H,2-3,5,7,15H2,1H3,(H,29,33)/t22-,25-/m1/s1. The molecular weight excluding hydrogens is 428 g/mol. The molecule has 1 aromatic carbocycles. The van der Waals surface area contributed by atoms with Crippen LogP contribution in [0.5, 0.6) is 5.88 Å². The molecule has 174 valence electrons. The molecule has 3 aromatic heterocycles. The maximum atomic E-state index is 13.0. The summed E-state index contributed by atoms with van der Waals surface area (Å²) in [6, 6.07) is 17.8. The molecule has 1 saturated carbocycles. The number of nitrogens with one attached hydrogen (secondary N) is 1. The third kappa shape index (κ3) is 4.65. The molecule has 2 atom stereocenters. The molecule has 0 unspecified atom stereocenters. The van der Waals surface area contributed by atoms with E-state index in [2.05, 4.69) is 39.7 Å². The predicted octanol–water partition coefficient (Wildman–Crippen LogP) is 4.03. The minimum absolute atomic E-state index is 0.216. The largest absolute Gasteiger partial charge is 0.481 e. The first-order chi connectivity index (χ1) is 16.6. The first kappa shape index (κ1) is 22.1. The third-order valence-electron chi connectivity index (χ3n) is 6.49. The molecule has 0 radical (unpaired) electrons. The van der Waals surface area contributed by atoms with Crippen molar-refractivity contribution < 1.29 is 14.6 Å². The number of rotatable bonds is 6. The average Bonchev–Trinajstić information content (AvgIpc) is 3.35. The zero-order chi connectivity index (χ0) is 23.5. The van der Waals surface area contributed by atoms with Crippen LogP contribution in [0.1, 0.15) is 47.3 Å². The Hall–Kier alpha value is -3.71. The van der Waals surface area contributed by atoms with Crippen molar-refractivity contribution in [2.45, 2.75) is 44.2 Å². The number of carbonyl (C=O) groups excluding carboxylic acids is 1. The maximum Gasteiger partial charge on any atom is 0.272 e. The number of methoxy groups -OCH3 is 1. The number of hydrogen-bond acceptors (Lipinski definition) is 5. The highest BCUT2D eigenvalue weighted by molar-refractivity contribution is 5.93. The molecule has 2 N–H and O–H groups in total. The zero-order valence-corrected chi connectivity index (χ0v) is 19.1. The number of carbonyl (C=O) groups is 1. The zero-order valence-electron chi connectivity index (χ0n) is 19.1. The number of benzene rings is 1. The molecule has 1 fully saturated rings. The Morgan fingerprint density at radius 1 is 1.12 bits per heavy atom. The van der Waals surface area contributed by atoms with Crippen LogP contribution >= 0.6 is 0 Å². The van der Waals surface area contributed by atoms with Gasteiger partial charge in [0.15, 0.2) is 0 Å². The Labute approximate surface area is 198 Å². The Balaban J connectivity index is 1.36. The Morgan fingerprint density at radius 2 is 1.91 bits per heavy atom. The predicted molar refractivity (Wildman–Crippen MR) is 130 cm³/mol. The fourth-order valence-electron chi connectivity index (χ4n) is 4.58. The average molecular weight is 457 g/mol. The number of fused-ring (bicyclic) bond motifs is 1. The summed E-state index contributed by atoms with van der Waals surface area (Å²) in [4.78, 5) is 17.2. The minimum atomic E-state index is -0.494. The topological polar surface area (TPSA) is 88.8 Å². The van der Waals surface area contributed by atoms with E-state index in [4.69, 9.17) is 4.74 Å². The molecule has 1 aliphatic carbocycles. The highest BCUT2D eigenvalue weighted by atomic mass is 16.5. The van der Waals surface area contributed by atoms with Gasteiger partial charge in [-0.05, 0) is 60.2 Å². The van der Waals surface area contributed by atoms with Gasteiger partial charge in [-0.3, -0.25) is 4.79 Å². The molecular formula is C27H28N4O3.